The van der Waals surface area contributed by atoms with Crippen LogP contribution in [0.2, 0.25) is 0 Å². The molecule has 0 fully saturated rings. The molecule has 0 bridgehead atoms. The fraction of sp³-hybridized carbons (Fsp3) is 0.231. The number of nitrogens with zero attached hydrogens (tertiary/aromatic N) is 1. The molecular formula is C13H14N2OS. The zero-order valence-electron chi connectivity index (χ0n) is 9.64. The maximum atomic E-state index is 11.7. The average molecular weight is 246 g/mol. The van der Waals surface area contributed by atoms with Gasteiger partial charge in [0, 0.05) is 11.9 Å². The maximum Gasteiger partial charge on any atom is 0.270 e. The third-order valence-corrected chi connectivity index (χ3v) is 3.17. The zero-order chi connectivity index (χ0) is 12.1. The van der Waals surface area contributed by atoms with E-state index in [1.807, 2.05) is 25.1 Å². The van der Waals surface area contributed by atoms with Crippen LogP contribution in [0, 0.1) is 6.92 Å². The standard InChI is InChI=1S/C13H14N2OS/c1-10-15-12(9-17-10)13(16)14-8-7-11-5-3-2-4-6-11/h2-6,9H,7-8H2,1H3,(H,14,16). The fourth-order valence-electron chi connectivity index (χ4n) is 1.52. The van der Waals surface area contributed by atoms with Gasteiger partial charge < -0.3 is 5.32 Å². The van der Waals surface area contributed by atoms with Gasteiger partial charge in [-0.2, -0.15) is 0 Å². The highest BCUT2D eigenvalue weighted by atomic mass is 32.1. The van der Waals surface area contributed by atoms with Gasteiger partial charge in [0.05, 0.1) is 5.01 Å². The maximum absolute atomic E-state index is 11.7. The molecule has 0 aliphatic rings. The average Bonchev–Trinajstić information content (AvgIpc) is 2.77. The Labute approximate surface area is 105 Å². The summed E-state index contributed by atoms with van der Waals surface area (Å²) in [6.45, 7) is 2.53. The predicted molar refractivity (Wildman–Crippen MR) is 69.3 cm³/mol. The topological polar surface area (TPSA) is 42.0 Å². The molecule has 1 N–H and O–H groups in total. The predicted octanol–water partition coefficient (Wildman–Crippen LogP) is 2.42. The number of amides is 1. The van der Waals surface area contributed by atoms with Gasteiger partial charge >= 0.3 is 0 Å². The van der Waals surface area contributed by atoms with E-state index in [0.29, 0.717) is 12.2 Å². The molecule has 1 aromatic carbocycles. The summed E-state index contributed by atoms with van der Waals surface area (Å²) in [5, 5.41) is 5.57. The van der Waals surface area contributed by atoms with E-state index in [2.05, 4.69) is 22.4 Å². The molecule has 0 unspecified atom stereocenters. The number of carbonyl (C=O) groups is 1. The highest BCUT2D eigenvalue weighted by Crippen LogP contribution is 2.07. The lowest BCUT2D eigenvalue weighted by Gasteiger charge is -2.03. The Bertz CT molecular complexity index is 493. The van der Waals surface area contributed by atoms with Crippen molar-refractivity contribution in [2.45, 2.75) is 13.3 Å². The smallest absolute Gasteiger partial charge is 0.270 e. The molecule has 88 valence electrons. The second-order valence-corrected chi connectivity index (χ2v) is 4.81. The van der Waals surface area contributed by atoms with Crippen LogP contribution in [0.3, 0.4) is 0 Å². The number of nitrogens with one attached hydrogen (secondary N) is 1. The summed E-state index contributed by atoms with van der Waals surface area (Å²) in [6.07, 6.45) is 0.843. The first-order chi connectivity index (χ1) is 8.25. The Balaban J connectivity index is 1.81. The van der Waals surface area contributed by atoms with Crippen LogP contribution in [0.5, 0.6) is 0 Å². The van der Waals surface area contributed by atoms with Crippen molar-refractivity contribution in [1.29, 1.82) is 0 Å². The van der Waals surface area contributed by atoms with E-state index < -0.39 is 0 Å². The van der Waals surface area contributed by atoms with E-state index in [0.717, 1.165) is 11.4 Å². The van der Waals surface area contributed by atoms with Crippen molar-refractivity contribution in [1.82, 2.24) is 10.3 Å². The first-order valence-corrected chi connectivity index (χ1v) is 6.38. The SMILES string of the molecule is Cc1nc(C(=O)NCCc2ccccc2)cs1. The van der Waals surface area contributed by atoms with Crippen LogP contribution >= 0.6 is 11.3 Å². The molecule has 0 aliphatic carbocycles. The molecule has 1 heterocycles. The second kappa shape index (κ2) is 5.59. The molecular weight excluding hydrogens is 232 g/mol. The van der Waals surface area contributed by atoms with Gasteiger partial charge in [-0.3, -0.25) is 4.79 Å². The Hall–Kier alpha value is -1.68. The zero-order valence-corrected chi connectivity index (χ0v) is 10.5. The number of hydrogen-bond acceptors (Lipinski definition) is 3. The lowest BCUT2D eigenvalue weighted by atomic mass is 10.1. The van der Waals surface area contributed by atoms with Crippen LogP contribution in [0.25, 0.3) is 0 Å². The third kappa shape index (κ3) is 3.39. The van der Waals surface area contributed by atoms with E-state index >= 15 is 0 Å². The summed E-state index contributed by atoms with van der Waals surface area (Å²) in [5.74, 6) is -0.0923. The van der Waals surface area contributed by atoms with Crippen LogP contribution in [-0.4, -0.2) is 17.4 Å². The van der Waals surface area contributed by atoms with Crippen LogP contribution in [-0.2, 0) is 6.42 Å². The summed E-state index contributed by atoms with van der Waals surface area (Å²) in [6, 6.07) is 10.1. The molecule has 0 saturated heterocycles. The van der Waals surface area contributed by atoms with Gasteiger partial charge in [-0.05, 0) is 18.9 Å². The van der Waals surface area contributed by atoms with Gasteiger partial charge in [0.2, 0.25) is 0 Å². The van der Waals surface area contributed by atoms with Gasteiger partial charge in [-0.15, -0.1) is 11.3 Å². The van der Waals surface area contributed by atoms with Gasteiger partial charge in [0.1, 0.15) is 5.69 Å². The number of rotatable bonds is 4. The van der Waals surface area contributed by atoms with E-state index in [9.17, 15) is 4.79 Å². The quantitative estimate of drug-likeness (QED) is 0.900. The highest BCUT2D eigenvalue weighted by Gasteiger charge is 2.07. The minimum absolute atomic E-state index is 0.0923. The van der Waals surface area contributed by atoms with Gasteiger partial charge in [-0.25, -0.2) is 4.98 Å². The van der Waals surface area contributed by atoms with Crippen LogP contribution in [0.15, 0.2) is 35.7 Å². The van der Waals surface area contributed by atoms with E-state index in [1.54, 1.807) is 5.38 Å². The summed E-state index contributed by atoms with van der Waals surface area (Å²) in [7, 11) is 0. The molecule has 17 heavy (non-hydrogen) atoms. The Kier molecular flexibility index (Phi) is 3.88. The normalized spacial score (nSPS) is 10.2. The first-order valence-electron chi connectivity index (χ1n) is 5.50. The lowest BCUT2D eigenvalue weighted by Crippen LogP contribution is -2.25. The number of hydrogen-bond donors (Lipinski definition) is 1. The van der Waals surface area contributed by atoms with E-state index in [-0.39, 0.29) is 5.91 Å². The molecule has 0 saturated carbocycles. The fourth-order valence-corrected chi connectivity index (χ4v) is 2.12. The monoisotopic (exact) mass is 246 g/mol. The molecule has 0 spiro atoms. The first kappa shape index (κ1) is 11.8. The largest absolute Gasteiger partial charge is 0.350 e. The third-order valence-electron chi connectivity index (χ3n) is 2.39. The van der Waals surface area contributed by atoms with Gasteiger partial charge in [0.25, 0.3) is 5.91 Å². The van der Waals surface area contributed by atoms with Crippen molar-refractivity contribution >= 4 is 17.2 Å². The minimum atomic E-state index is -0.0923. The van der Waals surface area contributed by atoms with Crippen LogP contribution in [0.1, 0.15) is 21.1 Å². The van der Waals surface area contributed by atoms with Crippen molar-refractivity contribution in [3.05, 3.63) is 52.0 Å². The van der Waals surface area contributed by atoms with Gasteiger partial charge in [-0.1, -0.05) is 30.3 Å². The molecule has 2 aromatic rings. The Morgan fingerprint density at radius 2 is 2.12 bits per heavy atom. The highest BCUT2D eigenvalue weighted by molar-refractivity contribution is 7.09. The molecule has 0 radical (unpaired) electrons. The summed E-state index contributed by atoms with van der Waals surface area (Å²) in [4.78, 5) is 15.8. The van der Waals surface area contributed by atoms with E-state index in [1.165, 1.54) is 16.9 Å². The van der Waals surface area contributed by atoms with Crippen molar-refractivity contribution < 1.29 is 4.79 Å². The molecule has 3 nitrogen and oxygen atoms in total. The summed E-state index contributed by atoms with van der Waals surface area (Å²) in [5.41, 5.74) is 1.74. The molecule has 1 amide bonds. The number of carbonyl (C=O) groups excluding carboxylic acids is 1. The van der Waals surface area contributed by atoms with Crippen LogP contribution in [0.4, 0.5) is 0 Å². The molecule has 2 rings (SSSR count). The number of benzene rings is 1. The van der Waals surface area contributed by atoms with E-state index in [4.69, 9.17) is 0 Å². The Morgan fingerprint density at radius 3 is 2.76 bits per heavy atom. The molecule has 0 aliphatic heterocycles. The molecule has 0 atom stereocenters. The van der Waals surface area contributed by atoms with Crippen molar-refractivity contribution in [2.24, 2.45) is 0 Å². The lowest BCUT2D eigenvalue weighted by molar-refractivity contribution is 0.0949. The number of aromatic nitrogens is 1. The number of aryl methyl sites for hydroxylation is 1. The summed E-state index contributed by atoms with van der Waals surface area (Å²) < 4.78 is 0. The minimum Gasteiger partial charge on any atom is -0.350 e. The van der Waals surface area contributed by atoms with Gasteiger partial charge in [0.15, 0.2) is 0 Å². The number of thiazole rings is 1. The Morgan fingerprint density at radius 1 is 1.35 bits per heavy atom. The van der Waals surface area contributed by atoms with Crippen molar-refractivity contribution in [3.63, 3.8) is 0 Å². The van der Waals surface area contributed by atoms with Crippen molar-refractivity contribution in [2.75, 3.05) is 6.54 Å². The molecule has 1 aromatic heterocycles. The van der Waals surface area contributed by atoms with Crippen molar-refractivity contribution in [3.8, 4) is 0 Å². The van der Waals surface area contributed by atoms with Crippen LogP contribution < -0.4 is 5.32 Å². The summed E-state index contributed by atoms with van der Waals surface area (Å²) >= 11 is 1.49. The molecule has 4 heteroatoms. The second-order valence-electron chi connectivity index (χ2n) is 3.74.